The number of nitrogens with one attached hydrogen (secondary N) is 1. The molecule has 0 atom stereocenters. The number of piperidine rings is 1. The number of aromatic amines is 1. The highest BCUT2D eigenvalue weighted by Crippen LogP contribution is 2.33. The van der Waals surface area contributed by atoms with Gasteiger partial charge in [-0.1, -0.05) is 30.3 Å². The van der Waals surface area contributed by atoms with Gasteiger partial charge in [0.15, 0.2) is 11.5 Å². The highest BCUT2D eigenvalue weighted by Gasteiger charge is 2.24. The predicted octanol–water partition coefficient (Wildman–Crippen LogP) is 3.02. The first-order chi connectivity index (χ1) is 14.1. The number of rotatable bonds is 5. The van der Waals surface area contributed by atoms with Gasteiger partial charge in [0.05, 0.1) is 17.2 Å². The van der Waals surface area contributed by atoms with E-state index < -0.39 is 6.09 Å². The van der Waals surface area contributed by atoms with Crippen LogP contribution in [0.25, 0.3) is 10.9 Å². The molecule has 0 aliphatic carbocycles. The van der Waals surface area contributed by atoms with Crippen molar-refractivity contribution in [1.82, 2.24) is 14.9 Å². The topological polar surface area (TPSA) is 105 Å². The van der Waals surface area contributed by atoms with Gasteiger partial charge in [0, 0.05) is 32.0 Å². The quantitative estimate of drug-likeness (QED) is 0.688. The monoisotopic (exact) mass is 395 g/mol. The first kappa shape index (κ1) is 18.8. The fraction of sp³-hybridized carbons (Fsp3) is 0.286. The molecule has 1 fully saturated rings. The molecule has 4 rings (SSSR count). The van der Waals surface area contributed by atoms with Crippen molar-refractivity contribution in [3.05, 3.63) is 64.7 Å². The van der Waals surface area contributed by atoms with Crippen LogP contribution in [0.2, 0.25) is 0 Å². The van der Waals surface area contributed by atoms with Crippen molar-refractivity contribution >= 4 is 17.0 Å². The van der Waals surface area contributed by atoms with Crippen LogP contribution in [0.1, 0.15) is 18.4 Å². The van der Waals surface area contributed by atoms with Crippen LogP contribution in [0.4, 0.5) is 4.79 Å². The summed E-state index contributed by atoms with van der Waals surface area (Å²) in [4.78, 5) is 31.4. The number of benzene rings is 2. The van der Waals surface area contributed by atoms with Crippen LogP contribution in [-0.4, -0.2) is 45.3 Å². The van der Waals surface area contributed by atoms with Crippen LogP contribution in [0.5, 0.6) is 11.5 Å². The number of aromatic nitrogens is 2. The van der Waals surface area contributed by atoms with E-state index in [4.69, 9.17) is 14.6 Å². The number of H-pyrrole nitrogens is 1. The van der Waals surface area contributed by atoms with Crippen LogP contribution >= 0.6 is 0 Å². The van der Waals surface area contributed by atoms with Crippen molar-refractivity contribution in [2.75, 3.05) is 13.1 Å². The van der Waals surface area contributed by atoms with E-state index in [0.717, 1.165) is 5.56 Å². The van der Waals surface area contributed by atoms with Crippen molar-refractivity contribution in [3.63, 3.8) is 0 Å². The molecule has 2 heterocycles. The molecule has 2 N–H and O–H groups in total. The number of nitrogens with zero attached hydrogens (tertiary/aromatic N) is 2. The number of carbonyl (C=O) groups is 1. The summed E-state index contributed by atoms with van der Waals surface area (Å²) in [7, 11) is 0. The first-order valence-electron chi connectivity index (χ1n) is 9.43. The van der Waals surface area contributed by atoms with Crippen LogP contribution in [0.15, 0.2) is 53.6 Å². The molecule has 3 aromatic rings. The zero-order valence-electron chi connectivity index (χ0n) is 15.7. The third-order valence-electron chi connectivity index (χ3n) is 4.95. The smallest absolute Gasteiger partial charge is 0.407 e. The number of carboxylic acid groups (broad SMARTS) is 1. The Bertz CT molecular complexity index is 1060. The zero-order chi connectivity index (χ0) is 20.2. The molecule has 150 valence electrons. The lowest BCUT2D eigenvalue weighted by molar-refractivity contribution is 0.0871. The second-order valence-electron chi connectivity index (χ2n) is 6.91. The molecule has 0 radical (unpaired) electrons. The SMILES string of the molecule is O=C(O)N1CCC(Oc2cc3c(=O)[nH]cnc3cc2OCc2ccccc2)CC1. The molecule has 0 spiro atoms. The van der Waals surface area contributed by atoms with Crippen LogP contribution < -0.4 is 15.0 Å². The third-order valence-corrected chi connectivity index (χ3v) is 4.95. The van der Waals surface area contributed by atoms with Gasteiger partial charge in [-0.25, -0.2) is 9.78 Å². The Balaban J connectivity index is 1.59. The van der Waals surface area contributed by atoms with Crippen molar-refractivity contribution in [2.45, 2.75) is 25.6 Å². The Morgan fingerprint density at radius 1 is 1.17 bits per heavy atom. The second kappa shape index (κ2) is 8.22. The molecule has 1 aliphatic heterocycles. The van der Waals surface area contributed by atoms with E-state index in [1.54, 1.807) is 12.1 Å². The average Bonchev–Trinajstić information content (AvgIpc) is 2.74. The summed E-state index contributed by atoms with van der Waals surface area (Å²) in [5, 5.41) is 9.52. The third kappa shape index (κ3) is 4.31. The van der Waals surface area contributed by atoms with E-state index >= 15 is 0 Å². The van der Waals surface area contributed by atoms with E-state index in [0.29, 0.717) is 54.9 Å². The van der Waals surface area contributed by atoms with Crippen LogP contribution in [0.3, 0.4) is 0 Å². The molecule has 2 aromatic carbocycles. The number of hydrogen-bond donors (Lipinski definition) is 2. The number of ether oxygens (including phenoxy) is 2. The van der Waals surface area contributed by atoms with Crippen molar-refractivity contribution in [2.24, 2.45) is 0 Å². The maximum Gasteiger partial charge on any atom is 0.407 e. The molecular weight excluding hydrogens is 374 g/mol. The van der Waals surface area contributed by atoms with Crippen molar-refractivity contribution in [3.8, 4) is 11.5 Å². The molecular formula is C21H21N3O5. The lowest BCUT2D eigenvalue weighted by Gasteiger charge is -2.30. The van der Waals surface area contributed by atoms with Gasteiger partial charge in [-0.05, 0) is 11.6 Å². The van der Waals surface area contributed by atoms with Gasteiger partial charge in [-0.2, -0.15) is 0 Å². The van der Waals surface area contributed by atoms with E-state index in [2.05, 4.69) is 9.97 Å². The molecule has 0 unspecified atom stereocenters. The minimum atomic E-state index is -0.918. The van der Waals surface area contributed by atoms with Gasteiger partial charge in [0.25, 0.3) is 5.56 Å². The van der Waals surface area contributed by atoms with Crippen LogP contribution in [-0.2, 0) is 6.61 Å². The fourth-order valence-corrected chi connectivity index (χ4v) is 3.36. The molecule has 0 bridgehead atoms. The molecule has 1 aromatic heterocycles. The molecule has 1 amide bonds. The van der Waals surface area contributed by atoms with Gasteiger partial charge in [-0.15, -0.1) is 0 Å². The Labute approximate surface area is 166 Å². The van der Waals surface area contributed by atoms with E-state index in [1.165, 1.54) is 11.2 Å². The highest BCUT2D eigenvalue weighted by molar-refractivity contribution is 5.81. The minimum Gasteiger partial charge on any atom is -0.486 e. The first-order valence-corrected chi connectivity index (χ1v) is 9.43. The summed E-state index contributed by atoms with van der Waals surface area (Å²) in [5.74, 6) is 0.959. The van der Waals surface area contributed by atoms with Crippen molar-refractivity contribution in [1.29, 1.82) is 0 Å². The number of amides is 1. The number of likely N-dealkylation sites (tertiary alicyclic amines) is 1. The lowest BCUT2D eigenvalue weighted by Crippen LogP contribution is -2.41. The molecule has 1 aliphatic rings. The number of fused-ring (bicyclic) bond motifs is 1. The standard InChI is InChI=1S/C21H21N3O5/c25-20-16-10-19(29-15-6-8-24(9-7-15)21(26)27)18(11-17(16)22-13-23-20)28-12-14-4-2-1-3-5-14/h1-5,10-11,13,15H,6-9,12H2,(H,26,27)(H,22,23,25). The predicted molar refractivity (Wildman–Crippen MR) is 106 cm³/mol. The van der Waals surface area contributed by atoms with Gasteiger partial charge >= 0.3 is 6.09 Å². The Kier molecular flexibility index (Phi) is 5.33. The van der Waals surface area contributed by atoms with Gasteiger partial charge in [-0.3, -0.25) is 4.79 Å². The summed E-state index contributed by atoms with van der Waals surface area (Å²) in [6, 6.07) is 13.1. The van der Waals surface area contributed by atoms with Gasteiger partial charge in [0.1, 0.15) is 12.7 Å². The summed E-state index contributed by atoms with van der Waals surface area (Å²) >= 11 is 0. The second-order valence-corrected chi connectivity index (χ2v) is 6.91. The fourth-order valence-electron chi connectivity index (χ4n) is 3.36. The number of hydrogen-bond acceptors (Lipinski definition) is 5. The maximum absolute atomic E-state index is 12.2. The van der Waals surface area contributed by atoms with Crippen molar-refractivity contribution < 1.29 is 19.4 Å². The normalized spacial score (nSPS) is 14.7. The lowest BCUT2D eigenvalue weighted by atomic mass is 10.1. The summed E-state index contributed by atoms with van der Waals surface area (Å²) < 4.78 is 12.1. The van der Waals surface area contributed by atoms with Crippen LogP contribution in [0, 0.1) is 0 Å². The maximum atomic E-state index is 12.2. The van der Waals surface area contributed by atoms with Gasteiger partial charge in [0.2, 0.25) is 0 Å². The summed E-state index contributed by atoms with van der Waals surface area (Å²) in [6.45, 7) is 1.18. The summed E-state index contributed by atoms with van der Waals surface area (Å²) in [6.07, 6.45) is 1.43. The Morgan fingerprint density at radius 2 is 1.93 bits per heavy atom. The largest absolute Gasteiger partial charge is 0.486 e. The Morgan fingerprint density at radius 3 is 2.66 bits per heavy atom. The molecule has 29 heavy (non-hydrogen) atoms. The highest BCUT2D eigenvalue weighted by atomic mass is 16.5. The average molecular weight is 395 g/mol. The zero-order valence-corrected chi connectivity index (χ0v) is 15.7. The molecule has 8 heteroatoms. The minimum absolute atomic E-state index is 0.155. The van der Waals surface area contributed by atoms with Gasteiger partial charge < -0.3 is 24.5 Å². The van der Waals surface area contributed by atoms with E-state index in [1.807, 2.05) is 30.3 Å². The molecule has 0 saturated carbocycles. The van der Waals surface area contributed by atoms with E-state index in [-0.39, 0.29) is 11.7 Å². The summed E-state index contributed by atoms with van der Waals surface area (Å²) in [5.41, 5.74) is 1.27. The molecule has 1 saturated heterocycles. The molecule has 8 nitrogen and oxygen atoms in total. The Hall–Kier alpha value is -3.55. The van der Waals surface area contributed by atoms with E-state index in [9.17, 15) is 9.59 Å².